The Bertz CT molecular complexity index is 933. The summed E-state index contributed by atoms with van der Waals surface area (Å²) in [4.78, 5) is 17.9. The van der Waals surface area contributed by atoms with Gasteiger partial charge in [0, 0.05) is 12.5 Å². The molecule has 0 aliphatic heterocycles. The minimum absolute atomic E-state index is 0.0275. The van der Waals surface area contributed by atoms with Crippen LogP contribution in [0.4, 0.5) is 4.39 Å². The van der Waals surface area contributed by atoms with E-state index in [9.17, 15) is 9.18 Å². The Morgan fingerprint density at radius 1 is 1.14 bits per heavy atom. The molecule has 2 atom stereocenters. The number of imidazole rings is 1. The number of amides is 1. The first kappa shape index (κ1) is 20.1. The van der Waals surface area contributed by atoms with Crippen LogP contribution in [0.15, 0.2) is 48.5 Å². The molecule has 1 amide bonds. The highest BCUT2D eigenvalue weighted by atomic mass is 19.1. The largest absolute Gasteiger partial charge is 0.352 e. The van der Waals surface area contributed by atoms with Gasteiger partial charge < -0.3 is 9.88 Å². The van der Waals surface area contributed by atoms with Crippen LogP contribution in [0.25, 0.3) is 11.0 Å². The number of hydrogen-bond donors (Lipinski definition) is 1. The highest BCUT2D eigenvalue weighted by molar-refractivity contribution is 5.84. The van der Waals surface area contributed by atoms with E-state index in [1.165, 1.54) is 12.1 Å². The molecule has 0 aliphatic rings. The number of benzene rings is 2. The maximum atomic E-state index is 13.3. The van der Waals surface area contributed by atoms with Gasteiger partial charge in [0.05, 0.1) is 11.0 Å². The van der Waals surface area contributed by atoms with Crippen LogP contribution in [0.5, 0.6) is 0 Å². The molecule has 0 spiro atoms. The molecule has 0 saturated carbocycles. The molecule has 2 aromatic carbocycles. The minimum atomic E-state index is -0.318. The van der Waals surface area contributed by atoms with E-state index >= 15 is 0 Å². The molecule has 0 bridgehead atoms. The second-order valence-corrected chi connectivity index (χ2v) is 7.31. The molecule has 1 N–H and O–H groups in total. The van der Waals surface area contributed by atoms with E-state index in [-0.39, 0.29) is 23.8 Å². The number of nitrogens with zero attached hydrogens (tertiary/aromatic N) is 2. The van der Waals surface area contributed by atoms with Crippen LogP contribution in [0.1, 0.15) is 57.5 Å². The third-order valence-corrected chi connectivity index (χ3v) is 5.12. The van der Waals surface area contributed by atoms with Crippen LogP contribution in [0, 0.1) is 5.82 Å². The average molecular weight is 381 g/mol. The highest BCUT2D eigenvalue weighted by Gasteiger charge is 2.25. The smallest absolute Gasteiger partial charge is 0.243 e. The van der Waals surface area contributed by atoms with Crippen molar-refractivity contribution >= 4 is 16.9 Å². The monoisotopic (exact) mass is 381 g/mol. The first-order chi connectivity index (χ1) is 13.5. The summed E-state index contributed by atoms with van der Waals surface area (Å²) in [6.07, 6.45) is 3.06. The van der Waals surface area contributed by atoms with Crippen LogP contribution >= 0.6 is 0 Å². The zero-order chi connectivity index (χ0) is 20.1. The molecule has 0 radical (unpaired) electrons. The lowest BCUT2D eigenvalue weighted by molar-refractivity contribution is -0.125. The van der Waals surface area contributed by atoms with Crippen molar-refractivity contribution in [3.8, 4) is 0 Å². The van der Waals surface area contributed by atoms with Gasteiger partial charge in [-0.3, -0.25) is 4.79 Å². The predicted molar refractivity (Wildman–Crippen MR) is 111 cm³/mol. The van der Waals surface area contributed by atoms with Crippen LogP contribution in [0.2, 0.25) is 0 Å². The lowest BCUT2D eigenvalue weighted by atomic mass is 10.1. The number of fused-ring (bicyclic) bond motifs is 1. The van der Waals surface area contributed by atoms with Crippen molar-refractivity contribution < 1.29 is 9.18 Å². The summed E-state index contributed by atoms with van der Waals surface area (Å²) in [5, 5.41) is 3.13. The zero-order valence-corrected chi connectivity index (χ0v) is 16.8. The summed E-state index contributed by atoms with van der Waals surface area (Å²) >= 11 is 0. The third kappa shape index (κ3) is 4.41. The molecule has 1 heterocycles. The molecule has 3 rings (SSSR count). The van der Waals surface area contributed by atoms with Crippen molar-refractivity contribution in [1.29, 1.82) is 0 Å². The quantitative estimate of drug-likeness (QED) is 0.595. The van der Waals surface area contributed by atoms with Gasteiger partial charge in [-0.1, -0.05) is 44.5 Å². The number of aromatic nitrogens is 2. The molecule has 28 heavy (non-hydrogen) atoms. The number of hydrogen-bond acceptors (Lipinski definition) is 2. The van der Waals surface area contributed by atoms with Gasteiger partial charge in [-0.2, -0.15) is 0 Å². The molecule has 5 heteroatoms. The van der Waals surface area contributed by atoms with Gasteiger partial charge in [-0.25, -0.2) is 9.37 Å². The number of halogens is 1. The Hall–Kier alpha value is -2.69. The van der Waals surface area contributed by atoms with Crippen LogP contribution < -0.4 is 5.32 Å². The molecule has 0 saturated heterocycles. The SMILES string of the molecule is CCC[C@H](C(=O)N[C@@H](C)CC)n1c(Cc2ccc(F)cc2)nc2ccccc21. The summed E-state index contributed by atoms with van der Waals surface area (Å²) in [7, 11) is 0. The molecule has 148 valence electrons. The van der Waals surface area contributed by atoms with E-state index in [2.05, 4.69) is 23.7 Å². The lowest BCUT2D eigenvalue weighted by Gasteiger charge is -2.23. The maximum Gasteiger partial charge on any atom is 0.243 e. The van der Waals surface area contributed by atoms with E-state index in [1.54, 1.807) is 12.1 Å². The van der Waals surface area contributed by atoms with Crippen molar-refractivity contribution in [3.63, 3.8) is 0 Å². The molecule has 1 aromatic heterocycles. The Morgan fingerprint density at radius 3 is 2.54 bits per heavy atom. The number of nitrogens with one attached hydrogen (secondary N) is 1. The second-order valence-electron chi connectivity index (χ2n) is 7.31. The number of carbonyl (C=O) groups excluding carboxylic acids is 1. The predicted octanol–water partition coefficient (Wildman–Crippen LogP) is 5.02. The van der Waals surface area contributed by atoms with E-state index in [0.717, 1.165) is 41.7 Å². The Morgan fingerprint density at radius 2 is 1.86 bits per heavy atom. The first-order valence-corrected chi connectivity index (χ1v) is 10.0. The van der Waals surface area contributed by atoms with E-state index in [4.69, 9.17) is 4.98 Å². The summed E-state index contributed by atoms with van der Waals surface area (Å²) in [6.45, 7) is 6.17. The van der Waals surface area contributed by atoms with E-state index < -0.39 is 0 Å². The minimum Gasteiger partial charge on any atom is -0.352 e. The molecule has 0 unspecified atom stereocenters. The fourth-order valence-corrected chi connectivity index (χ4v) is 3.44. The van der Waals surface area contributed by atoms with Crippen LogP contribution in [-0.4, -0.2) is 21.5 Å². The highest BCUT2D eigenvalue weighted by Crippen LogP contribution is 2.26. The molecular formula is C23H28FN3O. The van der Waals surface area contributed by atoms with E-state index in [0.29, 0.717) is 6.42 Å². The van der Waals surface area contributed by atoms with Crippen molar-refractivity contribution in [3.05, 3.63) is 65.7 Å². The normalized spacial score (nSPS) is 13.4. The Labute approximate surface area is 165 Å². The van der Waals surface area contributed by atoms with Crippen molar-refractivity contribution in [1.82, 2.24) is 14.9 Å². The molecule has 3 aromatic rings. The molecular weight excluding hydrogens is 353 g/mol. The van der Waals surface area contributed by atoms with Gasteiger partial charge in [-0.15, -0.1) is 0 Å². The fourth-order valence-electron chi connectivity index (χ4n) is 3.44. The number of carbonyl (C=O) groups is 1. The zero-order valence-electron chi connectivity index (χ0n) is 16.8. The van der Waals surface area contributed by atoms with Crippen LogP contribution in [0.3, 0.4) is 0 Å². The second kappa shape index (κ2) is 9.00. The summed E-state index contributed by atoms with van der Waals surface area (Å²) in [6, 6.07) is 14.2. The van der Waals surface area contributed by atoms with Crippen molar-refractivity contribution in [2.24, 2.45) is 0 Å². The topological polar surface area (TPSA) is 46.9 Å². The Balaban J connectivity index is 2.05. The van der Waals surface area contributed by atoms with Gasteiger partial charge in [0.15, 0.2) is 0 Å². The van der Waals surface area contributed by atoms with E-state index in [1.807, 2.05) is 31.2 Å². The third-order valence-electron chi connectivity index (χ3n) is 5.12. The maximum absolute atomic E-state index is 13.3. The summed E-state index contributed by atoms with van der Waals surface area (Å²) in [5.41, 5.74) is 2.80. The summed E-state index contributed by atoms with van der Waals surface area (Å²) < 4.78 is 15.4. The number of rotatable bonds is 8. The molecule has 0 aliphatic carbocycles. The molecule has 4 nitrogen and oxygen atoms in total. The van der Waals surface area contributed by atoms with Gasteiger partial charge in [0.1, 0.15) is 17.7 Å². The van der Waals surface area contributed by atoms with Gasteiger partial charge in [0.25, 0.3) is 0 Å². The fraction of sp³-hybridized carbons (Fsp3) is 0.391. The van der Waals surface area contributed by atoms with Crippen molar-refractivity contribution in [2.45, 2.75) is 58.5 Å². The Kier molecular flexibility index (Phi) is 6.45. The van der Waals surface area contributed by atoms with Crippen molar-refractivity contribution in [2.75, 3.05) is 0 Å². The lowest BCUT2D eigenvalue weighted by Crippen LogP contribution is -2.38. The van der Waals surface area contributed by atoms with Gasteiger partial charge in [0.2, 0.25) is 5.91 Å². The number of para-hydroxylation sites is 2. The first-order valence-electron chi connectivity index (χ1n) is 10.0. The van der Waals surface area contributed by atoms with Gasteiger partial charge in [-0.05, 0) is 49.6 Å². The van der Waals surface area contributed by atoms with Gasteiger partial charge >= 0.3 is 0 Å². The summed E-state index contributed by atoms with van der Waals surface area (Å²) in [5.74, 6) is 0.597. The molecule has 0 fully saturated rings. The average Bonchev–Trinajstić information content (AvgIpc) is 3.05. The standard InChI is InChI=1S/C23H28FN3O/c1-4-8-21(23(28)25-16(3)5-2)27-20-10-7-6-9-19(20)26-22(27)15-17-11-13-18(24)14-12-17/h6-7,9-14,16,21H,4-5,8,15H2,1-3H3,(H,25,28)/t16-,21+/m0/s1. The van der Waals surface area contributed by atoms with Crippen LogP contribution in [-0.2, 0) is 11.2 Å².